The van der Waals surface area contributed by atoms with Crippen molar-refractivity contribution in [2.75, 3.05) is 12.4 Å². The lowest BCUT2D eigenvalue weighted by molar-refractivity contribution is 0.102. The average molecular weight is 443 g/mol. The molecule has 1 amide bonds. The average Bonchev–Trinajstić information content (AvgIpc) is 3.16. The molecule has 28 heavy (non-hydrogen) atoms. The summed E-state index contributed by atoms with van der Waals surface area (Å²) in [7, 11) is -2.43. The van der Waals surface area contributed by atoms with E-state index in [0.717, 1.165) is 25.7 Å². The molecule has 2 N–H and O–H groups in total. The number of halogens is 2. The molecular formula is C19H20Cl2N2O4S. The monoisotopic (exact) mass is 442 g/mol. The highest BCUT2D eigenvalue weighted by atomic mass is 35.5. The van der Waals surface area contributed by atoms with Gasteiger partial charge in [-0.2, -0.15) is 0 Å². The number of nitrogens with one attached hydrogen (secondary N) is 2. The molecule has 0 radical (unpaired) electrons. The molecule has 0 atom stereocenters. The first kappa shape index (κ1) is 20.9. The number of amides is 1. The number of rotatable bonds is 6. The van der Waals surface area contributed by atoms with Gasteiger partial charge in [-0.3, -0.25) is 4.79 Å². The SMILES string of the molecule is COc1ccc(C(=O)Nc2ccc(Cl)c(Cl)c2)cc1S(=O)(=O)NC1CCCC1. The Bertz CT molecular complexity index is 989. The number of anilines is 1. The lowest BCUT2D eigenvalue weighted by Crippen LogP contribution is -2.33. The summed E-state index contributed by atoms with van der Waals surface area (Å²) in [5.41, 5.74) is 0.627. The van der Waals surface area contributed by atoms with Crippen LogP contribution in [0.1, 0.15) is 36.0 Å². The highest BCUT2D eigenvalue weighted by Gasteiger charge is 2.26. The molecule has 0 heterocycles. The van der Waals surface area contributed by atoms with Crippen molar-refractivity contribution in [3.05, 3.63) is 52.0 Å². The summed E-state index contributed by atoms with van der Waals surface area (Å²) in [6.45, 7) is 0. The van der Waals surface area contributed by atoms with Gasteiger partial charge in [0.05, 0.1) is 17.2 Å². The lowest BCUT2D eigenvalue weighted by atomic mass is 10.2. The van der Waals surface area contributed by atoms with Gasteiger partial charge in [-0.1, -0.05) is 36.0 Å². The molecule has 150 valence electrons. The van der Waals surface area contributed by atoms with Gasteiger partial charge in [-0.25, -0.2) is 13.1 Å². The van der Waals surface area contributed by atoms with Crippen molar-refractivity contribution in [1.29, 1.82) is 0 Å². The molecule has 0 aliphatic heterocycles. The summed E-state index contributed by atoms with van der Waals surface area (Å²) < 4.78 is 33.6. The van der Waals surface area contributed by atoms with Gasteiger partial charge in [0, 0.05) is 17.3 Å². The van der Waals surface area contributed by atoms with Crippen molar-refractivity contribution in [3.63, 3.8) is 0 Å². The van der Waals surface area contributed by atoms with Gasteiger partial charge in [0.2, 0.25) is 10.0 Å². The molecule has 0 saturated heterocycles. The van der Waals surface area contributed by atoms with E-state index in [9.17, 15) is 13.2 Å². The van der Waals surface area contributed by atoms with Crippen LogP contribution < -0.4 is 14.8 Å². The van der Waals surface area contributed by atoms with Crippen molar-refractivity contribution in [2.45, 2.75) is 36.6 Å². The van der Waals surface area contributed by atoms with Gasteiger partial charge in [0.15, 0.2) is 0 Å². The maximum atomic E-state index is 12.8. The van der Waals surface area contributed by atoms with E-state index in [1.165, 1.54) is 31.4 Å². The molecule has 3 rings (SSSR count). The fourth-order valence-electron chi connectivity index (χ4n) is 3.13. The standard InChI is InChI=1S/C19H20Cl2N2O4S/c1-27-17-9-6-12(19(24)22-14-7-8-15(20)16(21)11-14)10-18(17)28(25,26)23-13-4-2-3-5-13/h6-11,13,23H,2-5H2,1H3,(H,22,24). The smallest absolute Gasteiger partial charge is 0.255 e. The highest BCUT2D eigenvalue weighted by Crippen LogP contribution is 2.28. The Balaban J connectivity index is 1.86. The van der Waals surface area contributed by atoms with Crippen LogP contribution in [0, 0.1) is 0 Å². The summed E-state index contributed by atoms with van der Waals surface area (Å²) in [6, 6.07) is 8.87. The number of hydrogen-bond donors (Lipinski definition) is 2. The number of carbonyl (C=O) groups is 1. The molecule has 0 spiro atoms. The van der Waals surface area contributed by atoms with Gasteiger partial charge in [0.1, 0.15) is 10.6 Å². The number of methoxy groups -OCH3 is 1. The topological polar surface area (TPSA) is 84.5 Å². The highest BCUT2D eigenvalue weighted by molar-refractivity contribution is 7.89. The molecule has 9 heteroatoms. The summed E-state index contributed by atoms with van der Waals surface area (Å²) >= 11 is 11.8. The van der Waals surface area contributed by atoms with Crippen LogP contribution in [0.4, 0.5) is 5.69 Å². The maximum Gasteiger partial charge on any atom is 0.255 e. The number of carbonyl (C=O) groups excluding carboxylic acids is 1. The predicted molar refractivity (Wildman–Crippen MR) is 110 cm³/mol. The summed E-state index contributed by atoms with van der Waals surface area (Å²) in [4.78, 5) is 12.5. The first-order valence-corrected chi connectivity index (χ1v) is 11.0. The van der Waals surface area contributed by atoms with E-state index in [1.807, 2.05) is 0 Å². The molecule has 1 aliphatic rings. The largest absolute Gasteiger partial charge is 0.495 e. The summed E-state index contributed by atoms with van der Waals surface area (Å²) in [5, 5.41) is 3.35. The first-order valence-electron chi connectivity index (χ1n) is 8.77. The Kier molecular flexibility index (Phi) is 6.50. The maximum absolute atomic E-state index is 12.8. The number of sulfonamides is 1. The molecule has 0 bridgehead atoms. The zero-order chi connectivity index (χ0) is 20.3. The van der Waals surface area contributed by atoms with Crippen LogP contribution in [0.15, 0.2) is 41.3 Å². The van der Waals surface area contributed by atoms with Crippen LogP contribution in [0.5, 0.6) is 5.75 Å². The van der Waals surface area contributed by atoms with Crippen LogP contribution in [-0.4, -0.2) is 27.5 Å². The van der Waals surface area contributed by atoms with Gasteiger partial charge in [-0.05, 0) is 49.2 Å². The Morgan fingerprint density at radius 2 is 1.79 bits per heavy atom. The minimum absolute atomic E-state index is 0.0660. The van der Waals surface area contributed by atoms with Crippen molar-refractivity contribution in [1.82, 2.24) is 4.72 Å². The molecule has 0 aromatic heterocycles. The molecular weight excluding hydrogens is 423 g/mol. The molecule has 2 aromatic carbocycles. The minimum Gasteiger partial charge on any atom is -0.495 e. The van der Waals surface area contributed by atoms with Crippen LogP contribution in [-0.2, 0) is 10.0 Å². The lowest BCUT2D eigenvalue weighted by Gasteiger charge is -2.16. The normalized spacial score (nSPS) is 14.8. The van der Waals surface area contributed by atoms with Gasteiger partial charge < -0.3 is 10.1 Å². The quantitative estimate of drug-likeness (QED) is 0.690. The number of benzene rings is 2. The van der Waals surface area contributed by atoms with Gasteiger partial charge in [-0.15, -0.1) is 0 Å². The van der Waals surface area contributed by atoms with Crippen LogP contribution in [0.3, 0.4) is 0 Å². The van der Waals surface area contributed by atoms with E-state index in [1.54, 1.807) is 12.1 Å². The molecule has 2 aromatic rings. The fraction of sp³-hybridized carbons (Fsp3) is 0.316. The van der Waals surface area contributed by atoms with E-state index in [2.05, 4.69) is 10.0 Å². The predicted octanol–water partition coefficient (Wildman–Crippen LogP) is 4.48. The summed E-state index contributed by atoms with van der Waals surface area (Å²) in [5.74, 6) is -0.296. The number of ether oxygens (including phenoxy) is 1. The van der Waals surface area contributed by atoms with E-state index >= 15 is 0 Å². The Hall–Kier alpha value is -1.80. The Morgan fingerprint density at radius 3 is 2.43 bits per heavy atom. The molecule has 1 fully saturated rings. The minimum atomic E-state index is -3.82. The second-order valence-electron chi connectivity index (χ2n) is 6.55. The molecule has 1 aliphatic carbocycles. The zero-order valence-electron chi connectivity index (χ0n) is 15.2. The molecule has 6 nitrogen and oxygen atoms in total. The number of hydrogen-bond acceptors (Lipinski definition) is 4. The molecule has 1 saturated carbocycles. The zero-order valence-corrected chi connectivity index (χ0v) is 17.5. The summed E-state index contributed by atoms with van der Waals surface area (Å²) in [6.07, 6.45) is 3.60. The fourth-order valence-corrected chi connectivity index (χ4v) is 4.93. The van der Waals surface area contributed by atoms with E-state index in [0.29, 0.717) is 15.7 Å². The van der Waals surface area contributed by atoms with Gasteiger partial charge in [0.25, 0.3) is 5.91 Å². The van der Waals surface area contributed by atoms with Crippen LogP contribution >= 0.6 is 23.2 Å². The van der Waals surface area contributed by atoms with Crippen molar-refractivity contribution in [2.24, 2.45) is 0 Å². The van der Waals surface area contributed by atoms with Crippen molar-refractivity contribution >= 4 is 44.8 Å². The van der Waals surface area contributed by atoms with E-state index < -0.39 is 15.9 Å². The second-order valence-corrected chi connectivity index (χ2v) is 9.05. The van der Waals surface area contributed by atoms with Crippen molar-refractivity contribution in [3.8, 4) is 5.75 Å². The first-order chi connectivity index (χ1) is 13.3. The van der Waals surface area contributed by atoms with Crippen LogP contribution in [0.25, 0.3) is 0 Å². The van der Waals surface area contributed by atoms with E-state index in [4.69, 9.17) is 27.9 Å². The second kappa shape index (κ2) is 8.69. The van der Waals surface area contributed by atoms with Crippen LogP contribution in [0.2, 0.25) is 10.0 Å². The Morgan fingerprint density at radius 1 is 1.07 bits per heavy atom. The molecule has 0 unspecified atom stereocenters. The van der Waals surface area contributed by atoms with Gasteiger partial charge >= 0.3 is 0 Å². The third kappa shape index (κ3) is 4.78. The third-order valence-electron chi connectivity index (χ3n) is 4.57. The van der Waals surface area contributed by atoms with Crippen molar-refractivity contribution < 1.29 is 17.9 Å². The van der Waals surface area contributed by atoms with E-state index in [-0.39, 0.29) is 22.3 Å². The Labute approximate surface area is 174 Å². The third-order valence-corrected chi connectivity index (χ3v) is 6.85.